The molecule has 1 aromatic rings. The summed E-state index contributed by atoms with van der Waals surface area (Å²) < 4.78 is 0. The number of aliphatic hydroxyl groups excluding tert-OH is 1. The van der Waals surface area contributed by atoms with Gasteiger partial charge in [0.05, 0.1) is 6.61 Å². The van der Waals surface area contributed by atoms with Crippen molar-refractivity contribution < 1.29 is 10.4 Å². The molecule has 0 aliphatic heterocycles. The van der Waals surface area contributed by atoms with Crippen molar-refractivity contribution in [2.75, 3.05) is 25.6 Å². The average Bonchev–Trinajstić information content (AvgIpc) is 2.31. The third-order valence-electron chi connectivity index (χ3n) is 2.90. The Labute approximate surface area is 98.1 Å². The Morgan fingerprint density at radius 3 is 2.31 bits per heavy atom. The Morgan fingerprint density at radius 2 is 1.88 bits per heavy atom. The molecule has 0 saturated heterocycles. The second kappa shape index (κ2) is 6.51. The normalized spacial score (nSPS) is 12.5. The minimum absolute atomic E-state index is 0.256. The van der Waals surface area contributed by atoms with Crippen molar-refractivity contribution >= 4 is 5.69 Å². The number of hydrogen-bond acceptors (Lipinski definition) is 2. The highest BCUT2D eigenvalue weighted by Gasteiger charge is 2.07. The molecule has 0 spiro atoms. The van der Waals surface area contributed by atoms with E-state index in [2.05, 4.69) is 41.4 Å². The maximum absolute atomic E-state index is 9.08. The van der Waals surface area contributed by atoms with Crippen LogP contribution in [-0.4, -0.2) is 31.9 Å². The lowest BCUT2D eigenvalue weighted by Crippen LogP contribution is -2.89. The van der Waals surface area contributed by atoms with E-state index in [1.54, 1.807) is 0 Å². The van der Waals surface area contributed by atoms with Gasteiger partial charge in [0, 0.05) is 25.3 Å². The molecule has 3 N–H and O–H groups in total. The van der Waals surface area contributed by atoms with Crippen LogP contribution in [0.3, 0.4) is 0 Å². The Bertz CT molecular complexity index is 291. The van der Waals surface area contributed by atoms with Gasteiger partial charge in [-0.15, -0.1) is 0 Å². The van der Waals surface area contributed by atoms with Gasteiger partial charge in [-0.2, -0.15) is 0 Å². The second-order valence-corrected chi connectivity index (χ2v) is 4.35. The van der Waals surface area contributed by atoms with Crippen LogP contribution in [0.25, 0.3) is 0 Å². The summed E-state index contributed by atoms with van der Waals surface area (Å²) in [6.07, 6.45) is 1.01. The summed E-state index contributed by atoms with van der Waals surface area (Å²) in [4.78, 5) is 2.09. The first-order valence-electron chi connectivity index (χ1n) is 5.87. The summed E-state index contributed by atoms with van der Waals surface area (Å²) in [6, 6.07) is 8.88. The first kappa shape index (κ1) is 13.0. The van der Waals surface area contributed by atoms with Gasteiger partial charge in [0.2, 0.25) is 0 Å². The third kappa shape index (κ3) is 3.83. The van der Waals surface area contributed by atoms with Gasteiger partial charge < -0.3 is 15.3 Å². The van der Waals surface area contributed by atoms with Crippen LogP contribution in [-0.2, 0) is 6.54 Å². The summed E-state index contributed by atoms with van der Waals surface area (Å²) in [7, 11) is 4.08. The van der Waals surface area contributed by atoms with Crippen molar-refractivity contribution in [1.29, 1.82) is 0 Å². The first-order valence-corrected chi connectivity index (χ1v) is 5.87. The maximum Gasteiger partial charge on any atom is 0.109 e. The number of rotatable bonds is 6. The molecule has 0 saturated carbocycles. The van der Waals surface area contributed by atoms with Gasteiger partial charge in [0.25, 0.3) is 0 Å². The zero-order valence-corrected chi connectivity index (χ0v) is 10.5. The van der Waals surface area contributed by atoms with Crippen molar-refractivity contribution in [3.63, 3.8) is 0 Å². The minimum Gasteiger partial charge on any atom is -0.390 e. The van der Waals surface area contributed by atoms with E-state index in [1.807, 2.05) is 14.1 Å². The fourth-order valence-corrected chi connectivity index (χ4v) is 1.60. The first-order chi connectivity index (χ1) is 7.67. The molecule has 1 aromatic carbocycles. The van der Waals surface area contributed by atoms with E-state index < -0.39 is 0 Å². The summed E-state index contributed by atoms with van der Waals surface area (Å²) in [6.45, 7) is 3.30. The van der Waals surface area contributed by atoms with Gasteiger partial charge in [0.15, 0.2) is 0 Å². The van der Waals surface area contributed by atoms with Crippen molar-refractivity contribution in [3.05, 3.63) is 29.8 Å². The molecule has 0 heterocycles. The van der Waals surface area contributed by atoms with Gasteiger partial charge in [-0.1, -0.05) is 19.1 Å². The molecule has 0 aromatic heterocycles. The number of nitrogens with two attached hydrogens (primary N) is 1. The van der Waals surface area contributed by atoms with Crippen molar-refractivity contribution in [2.45, 2.75) is 25.9 Å². The molecule has 0 radical (unpaired) electrons. The lowest BCUT2D eigenvalue weighted by Gasteiger charge is -2.13. The van der Waals surface area contributed by atoms with E-state index in [9.17, 15) is 0 Å². The van der Waals surface area contributed by atoms with Crippen LogP contribution in [0.1, 0.15) is 18.9 Å². The smallest absolute Gasteiger partial charge is 0.109 e. The van der Waals surface area contributed by atoms with Gasteiger partial charge in [-0.25, -0.2) is 0 Å². The van der Waals surface area contributed by atoms with Gasteiger partial charge in [0.1, 0.15) is 12.6 Å². The largest absolute Gasteiger partial charge is 0.390 e. The molecule has 16 heavy (non-hydrogen) atoms. The van der Waals surface area contributed by atoms with Crippen molar-refractivity contribution in [1.82, 2.24) is 0 Å². The SMILES string of the molecule is CC[C@H](CO)[NH2+]Cc1ccc(N(C)C)cc1. The van der Waals surface area contributed by atoms with Crippen LogP contribution in [0.15, 0.2) is 24.3 Å². The third-order valence-corrected chi connectivity index (χ3v) is 2.90. The molecule has 90 valence electrons. The number of nitrogens with zero attached hydrogens (tertiary/aromatic N) is 1. The fraction of sp³-hybridized carbons (Fsp3) is 0.538. The Kier molecular flexibility index (Phi) is 5.29. The summed E-state index contributed by atoms with van der Waals surface area (Å²) in [5.74, 6) is 0. The molecule has 0 aliphatic carbocycles. The number of anilines is 1. The molecule has 0 bridgehead atoms. The molecule has 0 fully saturated rings. The highest BCUT2D eigenvalue weighted by atomic mass is 16.3. The van der Waals surface area contributed by atoms with Crippen molar-refractivity contribution in [3.8, 4) is 0 Å². The van der Waals surface area contributed by atoms with Crippen LogP contribution >= 0.6 is 0 Å². The molecule has 0 aliphatic rings. The maximum atomic E-state index is 9.08. The van der Waals surface area contributed by atoms with Crippen LogP contribution in [0.4, 0.5) is 5.69 Å². The molecule has 0 unspecified atom stereocenters. The van der Waals surface area contributed by atoms with Crippen LogP contribution < -0.4 is 10.2 Å². The topological polar surface area (TPSA) is 40.1 Å². The summed E-state index contributed by atoms with van der Waals surface area (Å²) in [5, 5.41) is 11.3. The highest BCUT2D eigenvalue weighted by Crippen LogP contribution is 2.11. The van der Waals surface area contributed by atoms with E-state index in [0.717, 1.165) is 13.0 Å². The number of quaternary nitrogens is 1. The fourth-order valence-electron chi connectivity index (χ4n) is 1.60. The number of aliphatic hydroxyl groups is 1. The molecule has 3 nitrogen and oxygen atoms in total. The monoisotopic (exact) mass is 223 g/mol. The standard InChI is InChI=1S/C13H22N2O/c1-4-12(10-16)14-9-11-5-7-13(8-6-11)15(2)3/h5-8,12,14,16H,4,9-10H2,1-3H3/p+1/t12-/m1/s1. The molecule has 1 rings (SSSR count). The second-order valence-electron chi connectivity index (χ2n) is 4.35. The molecule has 3 heteroatoms. The predicted molar refractivity (Wildman–Crippen MR) is 67.6 cm³/mol. The zero-order chi connectivity index (χ0) is 12.0. The number of hydrogen-bond donors (Lipinski definition) is 2. The van der Waals surface area contributed by atoms with E-state index in [-0.39, 0.29) is 6.61 Å². The van der Waals surface area contributed by atoms with E-state index in [1.165, 1.54) is 11.3 Å². The van der Waals surface area contributed by atoms with Crippen LogP contribution in [0, 0.1) is 0 Å². The molecule has 1 atom stereocenters. The van der Waals surface area contributed by atoms with Crippen molar-refractivity contribution in [2.24, 2.45) is 0 Å². The predicted octanol–water partition coefficient (Wildman–Crippen LogP) is 0.587. The van der Waals surface area contributed by atoms with Crippen LogP contribution in [0.5, 0.6) is 0 Å². The Balaban J connectivity index is 2.49. The quantitative estimate of drug-likeness (QED) is 0.741. The zero-order valence-electron chi connectivity index (χ0n) is 10.5. The van der Waals surface area contributed by atoms with Gasteiger partial charge in [-0.05, 0) is 18.6 Å². The lowest BCUT2D eigenvalue weighted by molar-refractivity contribution is -0.706. The summed E-state index contributed by atoms with van der Waals surface area (Å²) in [5.41, 5.74) is 2.52. The minimum atomic E-state index is 0.256. The number of benzene rings is 1. The average molecular weight is 223 g/mol. The highest BCUT2D eigenvalue weighted by molar-refractivity contribution is 5.45. The molecular formula is C13H23N2O+. The van der Waals surface area contributed by atoms with E-state index in [0.29, 0.717) is 6.04 Å². The summed E-state index contributed by atoms with van der Waals surface area (Å²) >= 11 is 0. The van der Waals surface area contributed by atoms with Gasteiger partial charge in [-0.3, -0.25) is 0 Å². The van der Waals surface area contributed by atoms with Crippen LogP contribution in [0.2, 0.25) is 0 Å². The lowest BCUT2D eigenvalue weighted by atomic mass is 10.1. The Hall–Kier alpha value is -1.06. The van der Waals surface area contributed by atoms with E-state index in [4.69, 9.17) is 5.11 Å². The molecular weight excluding hydrogens is 200 g/mol. The Morgan fingerprint density at radius 1 is 1.25 bits per heavy atom. The van der Waals surface area contributed by atoms with E-state index >= 15 is 0 Å². The molecule has 0 amide bonds. The van der Waals surface area contributed by atoms with Gasteiger partial charge >= 0.3 is 0 Å².